The van der Waals surface area contributed by atoms with Gasteiger partial charge in [-0.05, 0) is 32.0 Å². The summed E-state index contributed by atoms with van der Waals surface area (Å²) in [7, 11) is 2.15. The third-order valence-corrected chi connectivity index (χ3v) is 3.53. The molecule has 1 unspecified atom stereocenters. The van der Waals surface area contributed by atoms with Crippen LogP contribution in [0.5, 0.6) is 0 Å². The van der Waals surface area contributed by atoms with Crippen molar-refractivity contribution in [3.8, 4) is 0 Å². The van der Waals surface area contributed by atoms with Crippen molar-refractivity contribution in [1.29, 1.82) is 0 Å². The Kier molecular flexibility index (Phi) is 4.75. The molecule has 3 heteroatoms. The fraction of sp³-hybridized carbons (Fsp3) is 0.600. The van der Waals surface area contributed by atoms with E-state index in [1.54, 1.807) is 0 Å². The molecule has 100 valence electrons. The molecular formula is C15H24N2O. The first-order valence-corrected chi connectivity index (χ1v) is 6.72. The summed E-state index contributed by atoms with van der Waals surface area (Å²) < 4.78 is 5.74. The maximum Gasteiger partial charge on any atom is 0.0826 e. The van der Waals surface area contributed by atoms with Crippen molar-refractivity contribution in [1.82, 2.24) is 10.2 Å². The first kappa shape index (κ1) is 13.5. The number of aryl methyl sites for hydroxylation is 2. The number of nitrogens with one attached hydrogen (secondary N) is 1. The minimum atomic E-state index is 0.328. The lowest BCUT2D eigenvalue weighted by molar-refractivity contribution is -0.0182. The summed E-state index contributed by atoms with van der Waals surface area (Å²) in [4.78, 5) is 2.33. The molecule has 1 aromatic rings. The first-order chi connectivity index (χ1) is 8.65. The van der Waals surface area contributed by atoms with E-state index in [0.717, 1.165) is 32.8 Å². The SMILES string of the molecule is Cc1ccc(C)c(CNCC2CN(C)CCO2)c1. The van der Waals surface area contributed by atoms with Crippen LogP contribution in [0, 0.1) is 13.8 Å². The summed E-state index contributed by atoms with van der Waals surface area (Å²) in [6.45, 7) is 9.10. The Morgan fingerprint density at radius 1 is 1.39 bits per heavy atom. The summed E-state index contributed by atoms with van der Waals surface area (Å²) in [6, 6.07) is 6.62. The molecule has 0 aromatic heterocycles. The largest absolute Gasteiger partial charge is 0.374 e. The van der Waals surface area contributed by atoms with E-state index in [9.17, 15) is 0 Å². The van der Waals surface area contributed by atoms with Gasteiger partial charge in [0.25, 0.3) is 0 Å². The van der Waals surface area contributed by atoms with E-state index in [1.807, 2.05) is 0 Å². The van der Waals surface area contributed by atoms with Gasteiger partial charge in [-0.15, -0.1) is 0 Å². The average Bonchev–Trinajstić information content (AvgIpc) is 2.34. The normalized spacial score (nSPS) is 21.2. The summed E-state index contributed by atoms with van der Waals surface area (Å²) >= 11 is 0. The highest BCUT2D eigenvalue weighted by molar-refractivity contribution is 5.30. The Morgan fingerprint density at radius 2 is 2.22 bits per heavy atom. The fourth-order valence-electron chi connectivity index (χ4n) is 2.35. The molecule has 1 saturated heterocycles. The fourth-order valence-corrected chi connectivity index (χ4v) is 2.35. The third kappa shape index (κ3) is 3.80. The molecule has 0 bridgehead atoms. The molecule has 18 heavy (non-hydrogen) atoms. The van der Waals surface area contributed by atoms with E-state index in [-0.39, 0.29) is 0 Å². The van der Waals surface area contributed by atoms with Crippen LogP contribution in [-0.4, -0.2) is 44.3 Å². The van der Waals surface area contributed by atoms with Gasteiger partial charge in [0.1, 0.15) is 0 Å². The summed E-state index contributed by atoms with van der Waals surface area (Å²) in [5, 5.41) is 3.51. The molecular weight excluding hydrogens is 224 g/mol. The Balaban J connectivity index is 1.79. The Morgan fingerprint density at radius 3 is 3.00 bits per heavy atom. The van der Waals surface area contributed by atoms with Crippen molar-refractivity contribution >= 4 is 0 Å². The zero-order valence-corrected chi connectivity index (χ0v) is 11.7. The van der Waals surface area contributed by atoms with Gasteiger partial charge in [-0.2, -0.15) is 0 Å². The van der Waals surface area contributed by atoms with E-state index >= 15 is 0 Å². The summed E-state index contributed by atoms with van der Waals surface area (Å²) in [6.07, 6.45) is 0.328. The standard InChI is InChI=1S/C15H24N2O/c1-12-4-5-13(2)14(8-12)9-16-10-15-11-17(3)6-7-18-15/h4-5,8,15-16H,6-7,9-11H2,1-3H3. The van der Waals surface area contributed by atoms with Crippen LogP contribution in [0.25, 0.3) is 0 Å². The molecule has 1 aliphatic rings. The zero-order valence-electron chi connectivity index (χ0n) is 11.7. The van der Waals surface area contributed by atoms with E-state index in [2.05, 4.69) is 49.3 Å². The Hall–Kier alpha value is -0.900. The molecule has 2 rings (SSSR count). The van der Waals surface area contributed by atoms with E-state index in [4.69, 9.17) is 4.74 Å². The van der Waals surface area contributed by atoms with Crippen molar-refractivity contribution in [3.63, 3.8) is 0 Å². The average molecular weight is 248 g/mol. The number of likely N-dealkylation sites (N-methyl/N-ethyl adjacent to an activating group) is 1. The van der Waals surface area contributed by atoms with Gasteiger partial charge >= 0.3 is 0 Å². The van der Waals surface area contributed by atoms with Crippen LogP contribution in [0.1, 0.15) is 16.7 Å². The van der Waals surface area contributed by atoms with Crippen LogP contribution in [0.15, 0.2) is 18.2 Å². The van der Waals surface area contributed by atoms with Gasteiger partial charge in [-0.1, -0.05) is 23.8 Å². The van der Waals surface area contributed by atoms with Gasteiger partial charge in [0.15, 0.2) is 0 Å². The lowest BCUT2D eigenvalue weighted by Crippen LogP contribution is -2.44. The van der Waals surface area contributed by atoms with E-state index < -0.39 is 0 Å². The number of benzene rings is 1. The predicted molar refractivity (Wildman–Crippen MR) is 74.9 cm³/mol. The number of hydrogen-bond donors (Lipinski definition) is 1. The number of rotatable bonds is 4. The highest BCUT2D eigenvalue weighted by atomic mass is 16.5. The number of hydrogen-bond acceptors (Lipinski definition) is 3. The van der Waals surface area contributed by atoms with Crippen LogP contribution < -0.4 is 5.32 Å². The predicted octanol–water partition coefficient (Wildman–Crippen LogP) is 1.72. The first-order valence-electron chi connectivity index (χ1n) is 6.72. The van der Waals surface area contributed by atoms with Crippen LogP contribution in [0.4, 0.5) is 0 Å². The van der Waals surface area contributed by atoms with Gasteiger partial charge < -0.3 is 15.0 Å². The second-order valence-electron chi connectivity index (χ2n) is 5.32. The zero-order chi connectivity index (χ0) is 13.0. The molecule has 1 atom stereocenters. The minimum Gasteiger partial charge on any atom is -0.374 e. The molecule has 0 radical (unpaired) electrons. The lowest BCUT2D eigenvalue weighted by atomic mass is 10.1. The lowest BCUT2D eigenvalue weighted by Gasteiger charge is -2.30. The maximum atomic E-state index is 5.74. The molecule has 3 nitrogen and oxygen atoms in total. The van der Waals surface area contributed by atoms with Crippen LogP contribution >= 0.6 is 0 Å². The van der Waals surface area contributed by atoms with Gasteiger partial charge in [0, 0.05) is 26.2 Å². The minimum absolute atomic E-state index is 0.328. The van der Waals surface area contributed by atoms with Crippen molar-refractivity contribution in [2.45, 2.75) is 26.5 Å². The highest BCUT2D eigenvalue weighted by Crippen LogP contribution is 2.10. The van der Waals surface area contributed by atoms with Gasteiger partial charge in [-0.25, -0.2) is 0 Å². The number of ether oxygens (including phenoxy) is 1. The van der Waals surface area contributed by atoms with Gasteiger partial charge in [0.2, 0.25) is 0 Å². The number of nitrogens with zero attached hydrogens (tertiary/aromatic N) is 1. The van der Waals surface area contributed by atoms with Gasteiger partial charge in [-0.3, -0.25) is 0 Å². The molecule has 0 spiro atoms. The van der Waals surface area contributed by atoms with Crippen LogP contribution in [-0.2, 0) is 11.3 Å². The quantitative estimate of drug-likeness (QED) is 0.878. The van der Waals surface area contributed by atoms with Crippen molar-refractivity contribution in [2.75, 3.05) is 33.3 Å². The summed E-state index contributed by atoms with van der Waals surface area (Å²) in [5.74, 6) is 0. The van der Waals surface area contributed by atoms with Crippen molar-refractivity contribution in [2.24, 2.45) is 0 Å². The van der Waals surface area contributed by atoms with Crippen molar-refractivity contribution in [3.05, 3.63) is 34.9 Å². The monoisotopic (exact) mass is 248 g/mol. The van der Waals surface area contributed by atoms with Crippen molar-refractivity contribution < 1.29 is 4.74 Å². The molecule has 0 amide bonds. The summed E-state index contributed by atoms with van der Waals surface area (Å²) in [5.41, 5.74) is 4.07. The molecule has 1 N–H and O–H groups in total. The molecule has 1 heterocycles. The molecule has 0 saturated carbocycles. The molecule has 1 aliphatic heterocycles. The Bertz CT molecular complexity index is 392. The second kappa shape index (κ2) is 6.32. The van der Waals surface area contributed by atoms with Crippen LogP contribution in [0.2, 0.25) is 0 Å². The van der Waals surface area contributed by atoms with Crippen LogP contribution in [0.3, 0.4) is 0 Å². The number of morpholine rings is 1. The second-order valence-corrected chi connectivity index (χ2v) is 5.32. The molecule has 1 aromatic carbocycles. The maximum absolute atomic E-state index is 5.74. The Labute approximate surface area is 110 Å². The molecule has 1 fully saturated rings. The van der Waals surface area contributed by atoms with E-state index in [1.165, 1.54) is 16.7 Å². The highest BCUT2D eigenvalue weighted by Gasteiger charge is 2.16. The topological polar surface area (TPSA) is 24.5 Å². The van der Waals surface area contributed by atoms with Gasteiger partial charge in [0.05, 0.1) is 12.7 Å². The van der Waals surface area contributed by atoms with E-state index in [0.29, 0.717) is 6.10 Å². The third-order valence-electron chi connectivity index (χ3n) is 3.53. The smallest absolute Gasteiger partial charge is 0.0826 e. The molecule has 0 aliphatic carbocycles.